The standard InChI is InChI=1S/C51H33N5/c1-4-15-34(16-5-1)44-33-45(54-50(53-44)35-17-6-2-7-18-35)37-19-12-22-39(31-37)55-46-26-11-10-23-43(46)49-40(24-13-27-47(49)55)36-28-29-41-42-25-14-30-52-51(42)56(48(41)32-36)38-20-8-3-9-21-38/h1-33H. The maximum Gasteiger partial charge on any atom is 0.160 e. The third-order valence-corrected chi connectivity index (χ3v) is 10.8. The molecule has 5 heteroatoms. The average molecular weight is 716 g/mol. The van der Waals surface area contributed by atoms with Gasteiger partial charge in [-0.2, -0.15) is 0 Å². The Labute approximate surface area is 323 Å². The quantitative estimate of drug-likeness (QED) is 0.172. The van der Waals surface area contributed by atoms with Crippen molar-refractivity contribution in [1.29, 1.82) is 0 Å². The van der Waals surface area contributed by atoms with Gasteiger partial charge in [0.2, 0.25) is 0 Å². The number of benzene rings is 7. The average Bonchev–Trinajstić information content (AvgIpc) is 3.80. The second-order valence-electron chi connectivity index (χ2n) is 14.1. The second kappa shape index (κ2) is 13.0. The smallest absolute Gasteiger partial charge is 0.160 e. The van der Waals surface area contributed by atoms with Crippen LogP contribution in [-0.2, 0) is 0 Å². The summed E-state index contributed by atoms with van der Waals surface area (Å²) in [6, 6.07) is 68.3. The van der Waals surface area contributed by atoms with Crippen LogP contribution >= 0.6 is 0 Å². The Morgan fingerprint density at radius 3 is 1.82 bits per heavy atom. The molecular formula is C51H33N5. The molecule has 0 radical (unpaired) electrons. The van der Waals surface area contributed by atoms with Gasteiger partial charge in [0.15, 0.2) is 5.82 Å². The highest BCUT2D eigenvalue weighted by Crippen LogP contribution is 2.41. The highest BCUT2D eigenvalue weighted by atomic mass is 15.0. The first-order valence-electron chi connectivity index (χ1n) is 18.9. The van der Waals surface area contributed by atoms with E-state index in [4.69, 9.17) is 15.0 Å². The number of para-hydroxylation sites is 2. The minimum absolute atomic E-state index is 0.702. The number of aromatic nitrogens is 5. The molecule has 0 saturated heterocycles. The molecule has 0 saturated carbocycles. The monoisotopic (exact) mass is 715 g/mol. The van der Waals surface area contributed by atoms with E-state index < -0.39 is 0 Å². The Bertz CT molecular complexity index is 3180. The van der Waals surface area contributed by atoms with Gasteiger partial charge in [-0.05, 0) is 71.8 Å². The van der Waals surface area contributed by atoms with Crippen molar-refractivity contribution in [3.05, 3.63) is 200 Å². The number of fused-ring (bicyclic) bond motifs is 6. The third-order valence-electron chi connectivity index (χ3n) is 10.8. The predicted molar refractivity (Wildman–Crippen MR) is 230 cm³/mol. The van der Waals surface area contributed by atoms with Crippen LogP contribution in [0.1, 0.15) is 0 Å². The fraction of sp³-hybridized carbons (Fsp3) is 0. The van der Waals surface area contributed by atoms with Crippen molar-refractivity contribution in [1.82, 2.24) is 24.1 Å². The predicted octanol–water partition coefficient (Wildman–Crippen LogP) is 12.7. The summed E-state index contributed by atoms with van der Waals surface area (Å²) < 4.78 is 4.67. The minimum atomic E-state index is 0.702. The van der Waals surface area contributed by atoms with Gasteiger partial charge in [-0.15, -0.1) is 0 Å². The first kappa shape index (κ1) is 31.9. The van der Waals surface area contributed by atoms with Crippen LogP contribution in [0, 0.1) is 0 Å². The Balaban J connectivity index is 1.10. The van der Waals surface area contributed by atoms with E-state index in [0.29, 0.717) is 5.82 Å². The first-order valence-corrected chi connectivity index (χ1v) is 18.9. The van der Waals surface area contributed by atoms with Gasteiger partial charge in [-0.1, -0.05) is 133 Å². The molecule has 0 fully saturated rings. The second-order valence-corrected chi connectivity index (χ2v) is 14.1. The van der Waals surface area contributed by atoms with Gasteiger partial charge < -0.3 is 4.57 Å². The number of nitrogens with zero attached hydrogens (tertiary/aromatic N) is 5. The lowest BCUT2D eigenvalue weighted by Crippen LogP contribution is -1.98. The molecule has 7 aromatic carbocycles. The maximum absolute atomic E-state index is 5.14. The normalized spacial score (nSPS) is 11.6. The van der Waals surface area contributed by atoms with E-state index in [9.17, 15) is 0 Å². The van der Waals surface area contributed by atoms with Crippen molar-refractivity contribution in [2.24, 2.45) is 0 Å². The van der Waals surface area contributed by atoms with Crippen LogP contribution in [0.4, 0.5) is 0 Å². The van der Waals surface area contributed by atoms with E-state index in [2.05, 4.69) is 173 Å². The van der Waals surface area contributed by atoms with Gasteiger partial charge >= 0.3 is 0 Å². The molecule has 11 rings (SSSR count). The van der Waals surface area contributed by atoms with Crippen LogP contribution in [0.3, 0.4) is 0 Å². The molecule has 0 bridgehead atoms. The van der Waals surface area contributed by atoms with Crippen LogP contribution in [0.2, 0.25) is 0 Å². The molecule has 11 aromatic rings. The number of hydrogen-bond donors (Lipinski definition) is 0. The minimum Gasteiger partial charge on any atom is -0.309 e. The molecule has 262 valence electrons. The lowest BCUT2D eigenvalue weighted by Gasteiger charge is -2.12. The zero-order chi connectivity index (χ0) is 37.0. The summed E-state index contributed by atoms with van der Waals surface area (Å²) >= 11 is 0. The van der Waals surface area contributed by atoms with Crippen molar-refractivity contribution >= 4 is 43.7 Å². The molecule has 0 amide bonds. The molecule has 4 aromatic heterocycles. The molecule has 0 unspecified atom stereocenters. The lowest BCUT2D eigenvalue weighted by molar-refractivity contribution is 1.14. The van der Waals surface area contributed by atoms with Crippen LogP contribution in [0.5, 0.6) is 0 Å². The SMILES string of the molecule is c1ccc(-c2cc(-c3cccc(-n4c5ccccc5c5c(-c6ccc7c8cccnc8n(-c8ccccc8)c7c6)cccc54)c3)nc(-c3ccccc3)n2)cc1. The largest absolute Gasteiger partial charge is 0.309 e. The van der Waals surface area contributed by atoms with E-state index in [1.807, 2.05) is 36.5 Å². The van der Waals surface area contributed by atoms with Gasteiger partial charge in [-0.3, -0.25) is 4.57 Å². The van der Waals surface area contributed by atoms with Gasteiger partial charge in [0.05, 0.1) is 27.9 Å². The van der Waals surface area contributed by atoms with Crippen LogP contribution in [0.15, 0.2) is 200 Å². The van der Waals surface area contributed by atoms with Gasteiger partial charge in [0, 0.05) is 55.8 Å². The molecule has 0 aliphatic carbocycles. The summed E-state index contributed by atoms with van der Waals surface area (Å²) in [5, 5.41) is 4.74. The number of pyridine rings is 1. The van der Waals surface area contributed by atoms with Crippen molar-refractivity contribution in [2.45, 2.75) is 0 Å². The summed E-state index contributed by atoms with van der Waals surface area (Å²) in [6.07, 6.45) is 1.88. The van der Waals surface area contributed by atoms with E-state index in [0.717, 1.165) is 72.6 Å². The van der Waals surface area contributed by atoms with Crippen molar-refractivity contribution in [2.75, 3.05) is 0 Å². The summed E-state index contributed by atoms with van der Waals surface area (Å²) in [5.41, 5.74) is 13.7. The summed E-state index contributed by atoms with van der Waals surface area (Å²) in [6.45, 7) is 0. The molecule has 0 N–H and O–H groups in total. The molecule has 5 nitrogen and oxygen atoms in total. The van der Waals surface area contributed by atoms with Crippen LogP contribution in [-0.4, -0.2) is 24.1 Å². The number of rotatable bonds is 6. The van der Waals surface area contributed by atoms with Crippen molar-refractivity contribution in [3.8, 4) is 56.4 Å². The third kappa shape index (κ3) is 5.21. The zero-order valence-electron chi connectivity index (χ0n) is 30.3. The molecule has 0 aliphatic heterocycles. The molecule has 4 heterocycles. The summed E-state index contributed by atoms with van der Waals surface area (Å²) in [7, 11) is 0. The Morgan fingerprint density at radius 1 is 0.357 bits per heavy atom. The van der Waals surface area contributed by atoms with Crippen LogP contribution in [0.25, 0.3) is 100 Å². The summed E-state index contributed by atoms with van der Waals surface area (Å²) in [4.78, 5) is 15.0. The fourth-order valence-corrected chi connectivity index (χ4v) is 8.26. The zero-order valence-corrected chi connectivity index (χ0v) is 30.3. The van der Waals surface area contributed by atoms with Crippen molar-refractivity contribution < 1.29 is 0 Å². The fourth-order valence-electron chi connectivity index (χ4n) is 8.26. The van der Waals surface area contributed by atoms with E-state index in [-0.39, 0.29) is 0 Å². The van der Waals surface area contributed by atoms with Gasteiger partial charge in [0.25, 0.3) is 0 Å². The summed E-state index contributed by atoms with van der Waals surface area (Å²) in [5.74, 6) is 0.702. The molecule has 56 heavy (non-hydrogen) atoms. The van der Waals surface area contributed by atoms with Gasteiger partial charge in [0.1, 0.15) is 5.65 Å². The highest BCUT2D eigenvalue weighted by Gasteiger charge is 2.19. The van der Waals surface area contributed by atoms with E-state index >= 15 is 0 Å². The Hall–Kier alpha value is -7.63. The van der Waals surface area contributed by atoms with Crippen molar-refractivity contribution in [3.63, 3.8) is 0 Å². The van der Waals surface area contributed by atoms with E-state index in [1.165, 1.54) is 21.7 Å². The maximum atomic E-state index is 5.14. The molecule has 0 spiro atoms. The number of hydrogen-bond acceptors (Lipinski definition) is 3. The first-order chi connectivity index (χ1) is 27.8. The topological polar surface area (TPSA) is 48.5 Å². The molecule has 0 atom stereocenters. The molecule has 0 aliphatic rings. The van der Waals surface area contributed by atoms with Crippen LogP contribution < -0.4 is 0 Å². The highest BCUT2D eigenvalue weighted by molar-refractivity contribution is 6.17. The van der Waals surface area contributed by atoms with Gasteiger partial charge in [-0.25, -0.2) is 15.0 Å². The van der Waals surface area contributed by atoms with E-state index in [1.54, 1.807) is 0 Å². The Morgan fingerprint density at radius 2 is 1.00 bits per heavy atom. The molecular weight excluding hydrogens is 683 g/mol. The lowest BCUT2D eigenvalue weighted by atomic mass is 9.98. The Kier molecular flexibility index (Phi) is 7.42.